The van der Waals surface area contributed by atoms with Crippen LogP contribution in [0.2, 0.25) is 10.0 Å². The van der Waals surface area contributed by atoms with Crippen molar-refractivity contribution in [3.8, 4) is 0 Å². The Balaban J connectivity index is 2.99. The van der Waals surface area contributed by atoms with Gasteiger partial charge in [-0.1, -0.05) is 43.1 Å². The van der Waals surface area contributed by atoms with Crippen LogP contribution in [0.4, 0.5) is 0 Å². The zero-order chi connectivity index (χ0) is 11.6. The molecule has 0 fully saturated rings. The van der Waals surface area contributed by atoms with Crippen molar-refractivity contribution in [3.05, 3.63) is 33.8 Å². The van der Waals surface area contributed by atoms with E-state index < -0.39 is 0 Å². The fourth-order valence-electron chi connectivity index (χ4n) is 1.29. The van der Waals surface area contributed by atoms with E-state index in [1.54, 1.807) is 0 Å². The van der Waals surface area contributed by atoms with Crippen molar-refractivity contribution in [2.75, 3.05) is 0 Å². The molecule has 0 aromatic heterocycles. The summed E-state index contributed by atoms with van der Waals surface area (Å²) in [5.74, 6) is 0.379. The molecular formula is C12H17Cl2N. The molecule has 15 heavy (non-hydrogen) atoms. The van der Waals surface area contributed by atoms with Crippen LogP contribution in [0.5, 0.6) is 0 Å². The summed E-state index contributed by atoms with van der Waals surface area (Å²) in [5, 5.41) is 1.39. The Bertz CT molecular complexity index is 325. The van der Waals surface area contributed by atoms with E-state index >= 15 is 0 Å². The molecule has 84 valence electrons. The van der Waals surface area contributed by atoms with Gasteiger partial charge in [-0.2, -0.15) is 0 Å². The van der Waals surface area contributed by atoms with Gasteiger partial charge in [0.25, 0.3) is 0 Å². The van der Waals surface area contributed by atoms with E-state index in [4.69, 9.17) is 28.9 Å². The number of nitrogens with two attached hydrogens (primary N) is 1. The molecule has 3 heteroatoms. The minimum Gasteiger partial charge on any atom is -0.325 e. The van der Waals surface area contributed by atoms with Gasteiger partial charge >= 0.3 is 0 Å². The van der Waals surface area contributed by atoms with E-state index in [9.17, 15) is 0 Å². The number of benzene rings is 1. The topological polar surface area (TPSA) is 26.0 Å². The minimum atomic E-state index is -0.283. The van der Waals surface area contributed by atoms with Crippen LogP contribution >= 0.6 is 23.2 Å². The Kier molecular flexibility index (Phi) is 4.05. The second-order valence-corrected chi connectivity index (χ2v) is 5.35. The van der Waals surface area contributed by atoms with Gasteiger partial charge < -0.3 is 5.73 Å². The summed E-state index contributed by atoms with van der Waals surface area (Å²) < 4.78 is 0. The Morgan fingerprint density at radius 3 is 2.13 bits per heavy atom. The van der Waals surface area contributed by atoms with Crippen LogP contribution in [-0.4, -0.2) is 5.54 Å². The van der Waals surface area contributed by atoms with E-state index in [1.807, 2.05) is 25.1 Å². The fraction of sp³-hybridized carbons (Fsp3) is 0.500. The molecule has 0 aliphatic carbocycles. The van der Waals surface area contributed by atoms with Crippen LogP contribution in [0.1, 0.15) is 26.3 Å². The predicted molar refractivity (Wildman–Crippen MR) is 67.6 cm³/mol. The maximum Gasteiger partial charge on any atom is 0.0453 e. The lowest BCUT2D eigenvalue weighted by Crippen LogP contribution is -2.44. The van der Waals surface area contributed by atoms with Gasteiger partial charge in [-0.15, -0.1) is 0 Å². The molecule has 0 aliphatic heterocycles. The van der Waals surface area contributed by atoms with Gasteiger partial charge in [0.15, 0.2) is 0 Å². The first-order valence-electron chi connectivity index (χ1n) is 5.06. The Hall–Kier alpha value is -0.240. The molecule has 0 amide bonds. The van der Waals surface area contributed by atoms with Crippen molar-refractivity contribution in [2.45, 2.75) is 32.7 Å². The SMILES string of the molecule is CC(C)C(C)(N)Cc1c(Cl)cccc1Cl. The van der Waals surface area contributed by atoms with E-state index in [0.29, 0.717) is 22.4 Å². The largest absolute Gasteiger partial charge is 0.325 e. The molecule has 0 heterocycles. The Labute approximate surface area is 102 Å². The van der Waals surface area contributed by atoms with Crippen molar-refractivity contribution >= 4 is 23.2 Å². The number of hydrogen-bond donors (Lipinski definition) is 1. The van der Waals surface area contributed by atoms with Crippen molar-refractivity contribution in [1.82, 2.24) is 0 Å². The molecule has 1 unspecified atom stereocenters. The van der Waals surface area contributed by atoms with Gasteiger partial charge in [0.2, 0.25) is 0 Å². The molecule has 0 saturated carbocycles. The lowest BCUT2D eigenvalue weighted by molar-refractivity contribution is 0.338. The average Bonchev–Trinajstić information content (AvgIpc) is 2.11. The second kappa shape index (κ2) is 4.73. The monoisotopic (exact) mass is 245 g/mol. The van der Waals surface area contributed by atoms with Crippen LogP contribution in [0, 0.1) is 5.92 Å². The third kappa shape index (κ3) is 3.10. The third-order valence-corrected chi connectivity index (χ3v) is 3.65. The highest BCUT2D eigenvalue weighted by Gasteiger charge is 2.25. The quantitative estimate of drug-likeness (QED) is 0.859. The van der Waals surface area contributed by atoms with Crippen LogP contribution in [0.25, 0.3) is 0 Å². The highest BCUT2D eigenvalue weighted by molar-refractivity contribution is 6.36. The molecule has 0 bridgehead atoms. The van der Waals surface area contributed by atoms with Crippen LogP contribution in [0.3, 0.4) is 0 Å². The Morgan fingerprint density at radius 1 is 1.27 bits per heavy atom. The molecule has 0 spiro atoms. The highest BCUT2D eigenvalue weighted by atomic mass is 35.5. The van der Waals surface area contributed by atoms with Gasteiger partial charge in [-0.05, 0) is 37.0 Å². The summed E-state index contributed by atoms with van der Waals surface area (Å²) in [6, 6.07) is 5.54. The first-order valence-corrected chi connectivity index (χ1v) is 5.82. The summed E-state index contributed by atoms with van der Waals surface area (Å²) in [6.07, 6.45) is 0.698. The lowest BCUT2D eigenvalue weighted by Gasteiger charge is -2.30. The summed E-state index contributed by atoms with van der Waals surface area (Å²) in [4.78, 5) is 0. The molecule has 2 N–H and O–H groups in total. The number of halogens is 2. The molecule has 1 nitrogen and oxygen atoms in total. The molecule has 1 aromatic carbocycles. The summed E-state index contributed by atoms with van der Waals surface area (Å²) in [5.41, 5.74) is 6.87. The van der Waals surface area contributed by atoms with Crippen molar-refractivity contribution in [3.63, 3.8) is 0 Å². The maximum absolute atomic E-state index is 6.21. The molecule has 0 saturated heterocycles. The summed E-state index contributed by atoms with van der Waals surface area (Å²) >= 11 is 12.2. The zero-order valence-electron chi connectivity index (χ0n) is 9.35. The Morgan fingerprint density at radius 2 is 1.73 bits per heavy atom. The van der Waals surface area contributed by atoms with Crippen molar-refractivity contribution in [2.24, 2.45) is 11.7 Å². The second-order valence-electron chi connectivity index (χ2n) is 4.54. The molecule has 0 radical (unpaired) electrons. The fourth-order valence-corrected chi connectivity index (χ4v) is 1.82. The molecule has 0 aliphatic rings. The highest BCUT2D eigenvalue weighted by Crippen LogP contribution is 2.29. The molecule has 1 rings (SSSR count). The molecule has 1 atom stereocenters. The zero-order valence-corrected chi connectivity index (χ0v) is 10.9. The maximum atomic E-state index is 6.21. The number of hydrogen-bond acceptors (Lipinski definition) is 1. The third-order valence-electron chi connectivity index (χ3n) is 2.94. The van der Waals surface area contributed by atoms with E-state index in [1.165, 1.54) is 0 Å². The summed E-state index contributed by atoms with van der Waals surface area (Å²) in [7, 11) is 0. The predicted octanol–water partition coefficient (Wildman–Crippen LogP) is 3.91. The van der Waals surface area contributed by atoms with Crippen LogP contribution < -0.4 is 5.73 Å². The summed E-state index contributed by atoms with van der Waals surface area (Å²) in [6.45, 7) is 6.23. The molecular weight excluding hydrogens is 229 g/mol. The smallest absolute Gasteiger partial charge is 0.0453 e. The van der Waals surface area contributed by atoms with Crippen LogP contribution in [0.15, 0.2) is 18.2 Å². The van der Waals surface area contributed by atoms with Gasteiger partial charge in [-0.3, -0.25) is 0 Å². The van der Waals surface area contributed by atoms with Gasteiger partial charge in [0, 0.05) is 15.6 Å². The van der Waals surface area contributed by atoms with E-state index in [-0.39, 0.29) is 5.54 Å². The standard InChI is InChI=1S/C12H17Cl2N/c1-8(2)12(3,15)7-9-10(13)5-4-6-11(9)14/h4-6,8H,7,15H2,1-3H3. The van der Waals surface area contributed by atoms with Gasteiger partial charge in [0.05, 0.1) is 0 Å². The first-order chi connectivity index (χ1) is 6.84. The first kappa shape index (κ1) is 12.8. The van der Waals surface area contributed by atoms with Gasteiger partial charge in [0.1, 0.15) is 0 Å². The average molecular weight is 246 g/mol. The van der Waals surface area contributed by atoms with Crippen LogP contribution in [-0.2, 0) is 6.42 Å². The molecule has 1 aromatic rings. The minimum absolute atomic E-state index is 0.283. The van der Waals surface area contributed by atoms with E-state index in [0.717, 1.165) is 5.56 Å². The van der Waals surface area contributed by atoms with Crippen molar-refractivity contribution in [1.29, 1.82) is 0 Å². The van der Waals surface area contributed by atoms with E-state index in [2.05, 4.69) is 13.8 Å². The lowest BCUT2D eigenvalue weighted by atomic mass is 9.84. The van der Waals surface area contributed by atoms with Crippen molar-refractivity contribution < 1.29 is 0 Å². The number of rotatable bonds is 3. The van der Waals surface area contributed by atoms with Gasteiger partial charge in [-0.25, -0.2) is 0 Å². The normalized spacial score (nSPS) is 15.4.